The van der Waals surface area contributed by atoms with Gasteiger partial charge in [-0.25, -0.2) is 0 Å². The van der Waals surface area contributed by atoms with Crippen molar-refractivity contribution in [3.05, 3.63) is 34.3 Å². The number of hydrogen-bond acceptors (Lipinski definition) is 2. The summed E-state index contributed by atoms with van der Waals surface area (Å²) in [5, 5.41) is 11.7. The number of nitrogens with one attached hydrogen (secondary N) is 1. The molecule has 0 aliphatic carbocycles. The van der Waals surface area contributed by atoms with Crippen LogP contribution >= 0.6 is 15.9 Å². The van der Waals surface area contributed by atoms with Crippen molar-refractivity contribution < 1.29 is 9.90 Å². The topological polar surface area (TPSA) is 49.3 Å². The molecule has 0 heterocycles. The summed E-state index contributed by atoms with van der Waals surface area (Å²) in [7, 11) is 0. The highest BCUT2D eigenvalue weighted by Crippen LogP contribution is 2.17. The van der Waals surface area contributed by atoms with E-state index in [9.17, 15) is 4.79 Å². The minimum atomic E-state index is 0.0653. The molecule has 0 saturated heterocycles. The molecule has 0 radical (unpaired) electrons. The van der Waals surface area contributed by atoms with Gasteiger partial charge in [-0.15, -0.1) is 0 Å². The van der Waals surface area contributed by atoms with Gasteiger partial charge in [-0.05, 0) is 30.4 Å². The highest BCUT2D eigenvalue weighted by Gasteiger charge is 2.06. The molecule has 3 nitrogen and oxygen atoms in total. The summed E-state index contributed by atoms with van der Waals surface area (Å²) in [5.41, 5.74) is 1.15. The molecular formula is C14H20BrNO2. The Morgan fingerprint density at radius 1 is 1.44 bits per heavy atom. The molecule has 0 saturated carbocycles. The van der Waals surface area contributed by atoms with E-state index in [2.05, 4.69) is 21.2 Å². The van der Waals surface area contributed by atoms with Crippen molar-refractivity contribution in [1.29, 1.82) is 0 Å². The Bertz CT molecular complexity index is 382. The number of aliphatic hydroxyl groups is 1. The predicted octanol–water partition coefficient (Wildman–Crippen LogP) is 2.52. The molecule has 0 aliphatic heterocycles. The third-order valence-electron chi connectivity index (χ3n) is 2.85. The summed E-state index contributed by atoms with van der Waals surface area (Å²) >= 11 is 3.47. The van der Waals surface area contributed by atoms with Crippen LogP contribution in [0.2, 0.25) is 0 Å². The minimum Gasteiger partial charge on any atom is -0.396 e. The number of carbonyl (C=O) groups excluding carboxylic acids is 1. The number of amides is 1. The largest absolute Gasteiger partial charge is 0.396 e. The first-order valence-corrected chi connectivity index (χ1v) is 7.03. The van der Waals surface area contributed by atoms with Crippen molar-refractivity contribution in [1.82, 2.24) is 5.32 Å². The van der Waals surface area contributed by atoms with Gasteiger partial charge in [0.1, 0.15) is 0 Å². The van der Waals surface area contributed by atoms with Gasteiger partial charge in [0.25, 0.3) is 0 Å². The smallest absolute Gasteiger partial charge is 0.220 e. The SMILES string of the molecule is CC(CCO)CNC(=O)CCc1ccccc1Br. The third kappa shape index (κ3) is 5.65. The Morgan fingerprint density at radius 2 is 2.17 bits per heavy atom. The number of aryl methyl sites for hydroxylation is 1. The number of benzene rings is 1. The molecule has 1 aromatic carbocycles. The van der Waals surface area contributed by atoms with Crippen LogP contribution in [-0.2, 0) is 11.2 Å². The van der Waals surface area contributed by atoms with E-state index in [4.69, 9.17) is 5.11 Å². The second-order valence-corrected chi connectivity index (χ2v) is 5.37. The van der Waals surface area contributed by atoms with Crippen LogP contribution in [0.4, 0.5) is 0 Å². The van der Waals surface area contributed by atoms with Crippen LogP contribution in [-0.4, -0.2) is 24.2 Å². The Balaban J connectivity index is 2.27. The molecule has 4 heteroatoms. The average molecular weight is 314 g/mol. The molecule has 1 rings (SSSR count). The van der Waals surface area contributed by atoms with E-state index in [1.54, 1.807) is 0 Å². The first-order chi connectivity index (χ1) is 8.63. The van der Waals surface area contributed by atoms with E-state index in [1.165, 1.54) is 0 Å². The molecule has 0 aromatic heterocycles. The van der Waals surface area contributed by atoms with Crippen molar-refractivity contribution in [3.63, 3.8) is 0 Å². The number of hydrogen-bond donors (Lipinski definition) is 2. The average Bonchev–Trinajstić information content (AvgIpc) is 2.36. The van der Waals surface area contributed by atoms with E-state index in [1.807, 2.05) is 31.2 Å². The van der Waals surface area contributed by atoms with Crippen molar-refractivity contribution in [2.24, 2.45) is 5.92 Å². The van der Waals surface area contributed by atoms with Gasteiger partial charge < -0.3 is 10.4 Å². The van der Waals surface area contributed by atoms with Crippen LogP contribution in [0.3, 0.4) is 0 Å². The molecule has 1 amide bonds. The summed E-state index contributed by atoms with van der Waals surface area (Å²) in [6.45, 7) is 2.83. The van der Waals surface area contributed by atoms with Crippen LogP contribution in [0, 0.1) is 5.92 Å². The monoisotopic (exact) mass is 313 g/mol. The van der Waals surface area contributed by atoms with Gasteiger partial charge in [-0.2, -0.15) is 0 Å². The first-order valence-electron chi connectivity index (χ1n) is 6.24. The fourth-order valence-electron chi connectivity index (χ4n) is 1.65. The second kappa shape index (κ2) is 8.27. The molecule has 0 bridgehead atoms. The highest BCUT2D eigenvalue weighted by atomic mass is 79.9. The lowest BCUT2D eigenvalue weighted by Gasteiger charge is -2.11. The number of rotatable bonds is 7. The lowest BCUT2D eigenvalue weighted by molar-refractivity contribution is -0.121. The van der Waals surface area contributed by atoms with Crippen LogP contribution in [0.25, 0.3) is 0 Å². The quantitative estimate of drug-likeness (QED) is 0.812. The molecule has 18 heavy (non-hydrogen) atoms. The Morgan fingerprint density at radius 3 is 2.83 bits per heavy atom. The number of aliphatic hydroxyl groups excluding tert-OH is 1. The van der Waals surface area contributed by atoms with Crippen LogP contribution in [0.15, 0.2) is 28.7 Å². The zero-order valence-corrected chi connectivity index (χ0v) is 12.2. The van der Waals surface area contributed by atoms with Crippen molar-refractivity contribution in [3.8, 4) is 0 Å². The van der Waals surface area contributed by atoms with Crippen LogP contribution in [0.5, 0.6) is 0 Å². The first kappa shape index (κ1) is 15.2. The zero-order chi connectivity index (χ0) is 13.4. The van der Waals surface area contributed by atoms with Gasteiger partial charge in [0.15, 0.2) is 0 Å². The molecule has 0 aliphatic rings. The maximum absolute atomic E-state index is 11.6. The molecule has 1 unspecified atom stereocenters. The molecule has 0 spiro atoms. The number of halogens is 1. The van der Waals surface area contributed by atoms with Gasteiger partial charge in [0.05, 0.1) is 0 Å². The number of carbonyl (C=O) groups is 1. The third-order valence-corrected chi connectivity index (χ3v) is 3.62. The van der Waals surface area contributed by atoms with Crippen molar-refractivity contribution >= 4 is 21.8 Å². The highest BCUT2D eigenvalue weighted by molar-refractivity contribution is 9.10. The fraction of sp³-hybridized carbons (Fsp3) is 0.500. The predicted molar refractivity (Wildman–Crippen MR) is 76.3 cm³/mol. The summed E-state index contributed by atoms with van der Waals surface area (Å²) in [5.74, 6) is 0.387. The fourth-order valence-corrected chi connectivity index (χ4v) is 2.13. The van der Waals surface area contributed by atoms with Crippen LogP contribution < -0.4 is 5.32 Å². The Kier molecular flexibility index (Phi) is 6.98. The molecule has 1 aromatic rings. The minimum absolute atomic E-state index is 0.0653. The second-order valence-electron chi connectivity index (χ2n) is 4.51. The van der Waals surface area contributed by atoms with E-state index in [-0.39, 0.29) is 12.5 Å². The molecule has 1 atom stereocenters. The van der Waals surface area contributed by atoms with Crippen molar-refractivity contribution in [2.75, 3.05) is 13.2 Å². The van der Waals surface area contributed by atoms with Gasteiger partial charge >= 0.3 is 0 Å². The van der Waals surface area contributed by atoms with E-state index >= 15 is 0 Å². The molecular weight excluding hydrogens is 294 g/mol. The molecule has 0 fully saturated rings. The van der Waals surface area contributed by atoms with Gasteiger partial charge in [0.2, 0.25) is 5.91 Å². The maximum atomic E-state index is 11.6. The zero-order valence-electron chi connectivity index (χ0n) is 10.7. The van der Waals surface area contributed by atoms with Crippen LogP contribution in [0.1, 0.15) is 25.3 Å². The van der Waals surface area contributed by atoms with E-state index < -0.39 is 0 Å². The normalized spacial score (nSPS) is 12.2. The van der Waals surface area contributed by atoms with E-state index in [0.29, 0.717) is 18.9 Å². The standard InChI is InChI=1S/C14H20BrNO2/c1-11(8-9-17)10-16-14(18)7-6-12-4-2-3-5-13(12)15/h2-5,11,17H,6-10H2,1H3,(H,16,18). The Hall–Kier alpha value is -0.870. The lowest BCUT2D eigenvalue weighted by atomic mass is 10.1. The van der Waals surface area contributed by atoms with Gasteiger partial charge in [-0.3, -0.25) is 4.79 Å². The summed E-state index contributed by atoms with van der Waals surface area (Å²) in [6, 6.07) is 7.94. The summed E-state index contributed by atoms with van der Waals surface area (Å²) in [6.07, 6.45) is 1.96. The molecule has 100 valence electrons. The summed E-state index contributed by atoms with van der Waals surface area (Å²) in [4.78, 5) is 11.6. The van der Waals surface area contributed by atoms with Gasteiger partial charge in [-0.1, -0.05) is 41.1 Å². The van der Waals surface area contributed by atoms with Gasteiger partial charge in [0, 0.05) is 24.0 Å². The maximum Gasteiger partial charge on any atom is 0.220 e. The molecule has 2 N–H and O–H groups in total. The lowest BCUT2D eigenvalue weighted by Crippen LogP contribution is -2.28. The summed E-state index contributed by atoms with van der Waals surface area (Å²) < 4.78 is 1.05. The Labute approximate surface area is 117 Å². The van der Waals surface area contributed by atoms with E-state index in [0.717, 1.165) is 22.9 Å². The van der Waals surface area contributed by atoms with Crippen molar-refractivity contribution in [2.45, 2.75) is 26.2 Å².